The number of hydrogen-bond donors (Lipinski definition) is 1. The Kier molecular flexibility index (Phi) is 19.7. The quantitative estimate of drug-likeness (QED) is 0.0283. The van der Waals surface area contributed by atoms with E-state index in [4.69, 9.17) is 18.9 Å². The topological polar surface area (TPSA) is 129 Å². The molecule has 0 saturated carbocycles. The van der Waals surface area contributed by atoms with Crippen LogP contribution in [0, 0.1) is 37.9 Å². The van der Waals surface area contributed by atoms with Gasteiger partial charge in [-0.1, -0.05) is 116 Å². The molecule has 58 heavy (non-hydrogen) atoms. The first-order chi connectivity index (χ1) is 26.5. The van der Waals surface area contributed by atoms with Gasteiger partial charge in [-0.3, -0.25) is 14.4 Å². The fourth-order valence-electron chi connectivity index (χ4n) is 9.32. The van der Waals surface area contributed by atoms with Crippen molar-refractivity contribution in [2.24, 2.45) is 37.9 Å². The smallest absolute Gasteiger partial charge is 0.335 e. The average molecular weight is 822 g/mol. The molecule has 1 rings (SSSR count). The first-order valence-corrected chi connectivity index (χ1v) is 22.3. The average Bonchev–Trinajstić information content (AvgIpc) is 3.56. The number of carbonyl (C=O) groups excluding carboxylic acids is 4. The Morgan fingerprint density at radius 2 is 1.36 bits per heavy atom. The molecule has 338 valence electrons. The minimum atomic E-state index is -1.46. The van der Waals surface area contributed by atoms with Gasteiger partial charge >= 0.3 is 17.9 Å². The number of likely N-dealkylation sites (tertiary alicyclic amines) is 1. The van der Waals surface area contributed by atoms with Crippen molar-refractivity contribution >= 4 is 23.8 Å². The van der Waals surface area contributed by atoms with E-state index in [1.165, 1.54) is 13.8 Å². The van der Waals surface area contributed by atoms with Gasteiger partial charge in [-0.25, -0.2) is 4.79 Å². The molecule has 0 spiro atoms. The standard InChI is InChI=1S/C48H87NO9/c1-19-42(9,10)30-37(57-35(8)50)47(17,23-5)44(13,14)29-36(49-26-24-25-38(49)51)45(15,21-3)33-46(16,22-4)48(18,32-43(11,12)20-2)41(54)56-28-27-55-31-39(52)58-40(53)34(6)7/h36-37,39,52H,6,19-33H2,1-5,7-18H3. The highest BCUT2D eigenvalue weighted by Crippen LogP contribution is 2.59. The summed E-state index contributed by atoms with van der Waals surface area (Å²) in [4.78, 5) is 55.1. The molecule has 0 aromatic heterocycles. The Morgan fingerprint density at radius 3 is 1.81 bits per heavy atom. The zero-order chi connectivity index (χ0) is 45.1. The molecule has 10 heteroatoms. The third-order valence-electron chi connectivity index (χ3n) is 15.3. The molecule has 1 N–H and O–H groups in total. The van der Waals surface area contributed by atoms with Gasteiger partial charge in [0.05, 0.1) is 12.0 Å². The third kappa shape index (κ3) is 13.5. The number of nitrogens with zero attached hydrogens (tertiary/aromatic N) is 1. The van der Waals surface area contributed by atoms with Gasteiger partial charge < -0.3 is 29.0 Å². The zero-order valence-corrected chi connectivity index (χ0v) is 40.2. The second-order valence-corrected chi connectivity index (χ2v) is 20.9. The van der Waals surface area contributed by atoms with Gasteiger partial charge in [-0.2, -0.15) is 0 Å². The number of hydrogen-bond acceptors (Lipinski definition) is 9. The monoisotopic (exact) mass is 822 g/mol. The van der Waals surface area contributed by atoms with Crippen LogP contribution in [-0.2, 0) is 38.1 Å². The van der Waals surface area contributed by atoms with Gasteiger partial charge in [0.2, 0.25) is 12.2 Å². The summed E-state index contributed by atoms with van der Waals surface area (Å²) in [6.45, 7) is 40.2. The highest BCUT2D eigenvalue weighted by Gasteiger charge is 2.58. The summed E-state index contributed by atoms with van der Waals surface area (Å²) in [6, 6.07) is -0.130. The van der Waals surface area contributed by atoms with Crippen molar-refractivity contribution in [1.82, 2.24) is 4.90 Å². The third-order valence-corrected chi connectivity index (χ3v) is 15.3. The highest BCUT2D eigenvalue weighted by atomic mass is 16.7. The first kappa shape index (κ1) is 53.6. The molecule has 0 bridgehead atoms. The molecule has 0 radical (unpaired) electrons. The van der Waals surface area contributed by atoms with E-state index in [-0.39, 0.29) is 71.6 Å². The van der Waals surface area contributed by atoms with E-state index in [1.54, 1.807) is 0 Å². The molecule has 7 atom stereocenters. The first-order valence-electron chi connectivity index (χ1n) is 22.3. The van der Waals surface area contributed by atoms with Crippen molar-refractivity contribution in [3.8, 4) is 0 Å². The summed E-state index contributed by atoms with van der Waals surface area (Å²) < 4.78 is 22.7. The van der Waals surface area contributed by atoms with Crippen LogP contribution in [0.25, 0.3) is 0 Å². The van der Waals surface area contributed by atoms with E-state index < -0.39 is 33.9 Å². The SMILES string of the molecule is C=C(C)C(=O)OC(O)COCCOC(=O)C(C)(CC(C)(C)CC)C(C)(CC)CC(C)(CC)C(CC(C)(C)C(C)(CC)C(CC(C)(C)CC)OC(C)=O)N1CCCC1=O. The van der Waals surface area contributed by atoms with Crippen molar-refractivity contribution in [3.63, 3.8) is 0 Å². The second-order valence-electron chi connectivity index (χ2n) is 20.9. The number of carbonyl (C=O) groups is 4. The van der Waals surface area contributed by atoms with Gasteiger partial charge in [-0.05, 0) is 92.3 Å². The van der Waals surface area contributed by atoms with Crippen LogP contribution in [0.3, 0.4) is 0 Å². The van der Waals surface area contributed by atoms with E-state index >= 15 is 0 Å². The lowest BCUT2D eigenvalue weighted by atomic mass is 9.51. The van der Waals surface area contributed by atoms with Crippen molar-refractivity contribution < 1.29 is 43.2 Å². The van der Waals surface area contributed by atoms with Crippen LogP contribution >= 0.6 is 0 Å². The molecule has 1 heterocycles. The van der Waals surface area contributed by atoms with Crippen LogP contribution in [0.5, 0.6) is 0 Å². The van der Waals surface area contributed by atoms with Gasteiger partial charge in [-0.15, -0.1) is 0 Å². The van der Waals surface area contributed by atoms with Crippen molar-refractivity contribution in [3.05, 3.63) is 12.2 Å². The lowest BCUT2D eigenvalue weighted by molar-refractivity contribution is -0.178. The summed E-state index contributed by atoms with van der Waals surface area (Å²) in [5.41, 5.74) is -2.64. The predicted octanol–water partition coefficient (Wildman–Crippen LogP) is 10.6. The Balaban J connectivity index is 3.74. The Bertz CT molecular complexity index is 1390. The number of aliphatic hydroxyl groups excluding tert-OH is 1. The summed E-state index contributed by atoms with van der Waals surface area (Å²) >= 11 is 0. The van der Waals surface area contributed by atoms with E-state index in [0.29, 0.717) is 38.6 Å². The van der Waals surface area contributed by atoms with E-state index in [0.717, 1.165) is 38.5 Å². The van der Waals surface area contributed by atoms with Gasteiger partial charge in [0.1, 0.15) is 19.3 Å². The fraction of sp³-hybridized carbons (Fsp3) is 0.875. The lowest BCUT2D eigenvalue weighted by Gasteiger charge is -2.56. The Labute approximate surface area is 354 Å². The predicted molar refractivity (Wildman–Crippen MR) is 233 cm³/mol. The van der Waals surface area contributed by atoms with Crippen LogP contribution in [-0.4, -0.2) is 78.6 Å². The van der Waals surface area contributed by atoms with E-state index in [1.807, 2.05) is 0 Å². The van der Waals surface area contributed by atoms with E-state index in [2.05, 4.69) is 115 Å². The number of amides is 1. The van der Waals surface area contributed by atoms with Crippen LogP contribution in [0.1, 0.15) is 188 Å². The number of ether oxygens (including phenoxy) is 4. The summed E-state index contributed by atoms with van der Waals surface area (Å²) in [5, 5.41) is 10.1. The molecule has 7 unspecified atom stereocenters. The second kappa shape index (κ2) is 21.4. The van der Waals surface area contributed by atoms with Gasteiger partial charge in [0.25, 0.3) is 0 Å². The molecule has 0 aliphatic carbocycles. The summed E-state index contributed by atoms with van der Waals surface area (Å²) in [5.74, 6) is -1.11. The molecule has 1 aliphatic rings. The van der Waals surface area contributed by atoms with E-state index in [9.17, 15) is 24.3 Å². The molecular formula is C48H87NO9. The number of aliphatic hydroxyl groups is 1. The maximum Gasteiger partial charge on any atom is 0.335 e. The fourth-order valence-corrected chi connectivity index (χ4v) is 9.32. The minimum absolute atomic E-state index is 0.0182. The largest absolute Gasteiger partial charge is 0.463 e. The van der Waals surface area contributed by atoms with Crippen LogP contribution in [0.4, 0.5) is 0 Å². The van der Waals surface area contributed by atoms with Crippen LogP contribution < -0.4 is 0 Å². The van der Waals surface area contributed by atoms with Gasteiger partial charge in [0, 0.05) is 36.9 Å². The van der Waals surface area contributed by atoms with Crippen LogP contribution in [0.2, 0.25) is 0 Å². The molecule has 1 aliphatic heterocycles. The highest BCUT2D eigenvalue weighted by molar-refractivity contribution is 5.87. The Hall–Kier alpha value is -2.46. The summed E-state index contributed by atoms with van der Waals surface area (Å²) in [7, 11) is 0. The molecule has 1 fully saturated rings. The minimum Gasteiger partial charge on any atom is -0.463 e. The van der Waals surface area contributed by atoms with Crippen LogP contribution in [0.15, 0.2) is 12.2 Å². The zero-order valence-electron chi connectivity index (χ0n) is 40.2. The maximum absolute atomic E-state index is 14.6. The van der Waals surface area contributed by atoms with Gasteiger partial charge in [0.15, 0.2) is 0 Å². The van der Waals surface area contributed by atoms with Crippen molar-refractivity contribution in [2.75, 3.05) is 26.4 Å². The maximum atomic E-state index is 14.6. The molecule has 0 aromatic carbocycles. The lowest BCUT2D eigenvalue weighted by Crippen LogP contribution is -2.57. The van der Waals surface area contributed by atoms with Crippen molar-refractivity contribution in [1.29, 1.82) is 0 Å². The molecule has 0 aromatic rings. The molecular weight excluding hydrogens is 735 g/mol. The Morgan fingerprint density at radius 1 is 0.776 bits per heavy atom. The number of esters is 3. The van der Waals surface area contributed by atoms with Crippen molar-refractivity contribution in [2.45, 2.75) is 207 Å². The number of rotatable bonds is 27. The normalized spacial score (nSPS) is 19.8. The molecule has 1 amide bonds. The molecule has 1 saturated heterocycles. The molecule has 10 nitrogen and oxygen atoms in total. The summed E-state index contributed by atoms with van der Waals surface area (Å²) in [6.07, 6.45) is 6.43.